The summed E-state index contributed by atoms with van der Waals surface area (Å²) in [5.74, 6) is 0.0264. The smallest absolute Gasteiger partial charge is 0.261 e. The number of aliphatic hydroxyl groups excluding tert-OH is 1. The zero-order valence-corrected chi connectivity index (χ0v) is 16.9. The Hall–Kier alpha value is -3.93. The number of carbonyl (C=O) groups is 1. The highest BCUT2D eigenvalue weighted by Crippen LogP contribution is 2.31. The number of nitrogens with one attached hydrogen (secondary N) is 3. The summed E-state index contributed by atoms with van der Waals surface area (Å²) in [4.78, 5) is 27.5. The number of aromatic nitrogens is 1. The maximum Gasteiger partial charge on any atom is 0.261 e. The molecule has 2 aromatic carbocycles. The number of aromatic amines is 1. The van der Waals surface area contributed by atoms with Crippen molar-refractivity contribution in [1.29, 1.82) is 5.26 Å². The molecule has 0 aliphatic rings. The number of amides is 1. The molecule has 8 nitrogen and oxygen atoms in total. The Balaban J connectivity index is 1.91. The summed E-state index contributed by atoms with van der Waals surface area (Å²) in [5.41, 5.74) is 2.06. The summed E-state index contributed by atoms with van der Waals surface area (Å²) in [6, 6.07) is 16.0. The lowest BCUT2D eigenvalue weighted by atomic mass is 9.98. The molecule has 0 aliphatic carbocycles. The Morgan fingerprint density at radius 1 is 1.23 bits per heavy atom. The highest BCUT2D eigenvalue weighted by molar-refractivity contribution is 6.05. The van der Waals surface area contributed by atoms with Crippen molar-refractivity contribution in [3.05, 3.63) is 81.8 Å². The number of nitriles is 1. The third-order valence-corrected chi connectivity index (χ3v) is 4.63. The number of rotatable bonds is 8. The minimum atomic E-state index is -0.621. The van der Waals surface area contributed by atoms with Crippen molar-refractivity contribution in [2.24, 2.45) is 0 Å². The third-order valence-electron chi connectivity index (χ3n) is 4.63. The number of H-pyrrole nitrogens is 1. The molecule has 0 atom stereocenters. The lowest BCUT2D eigenvalue weighted by Crippen LogP contribution is -2.25. The Morgan fingerprint density at radius 3 is 2.77 bits per heavy atom. The van der Waals surface area contributed by atoms with E-state index in [4.69, 9.17) is 9.84 Å². The van der Waals surface area contributed by atoms with Crippen LogP contribution in [0.5, 0.6) is 5.75 Å². The maximum atomic E-state index is 12.8. The van der Waals surface area contributed by atoms with Gasteiger partial charge in [0.2, 0.25) is 0 Å². The monoisotopic (exact) mass is 418 g/mol. The van der Waals surface area contributed by atoms with Gasteiger partial charge in [0.05, 0.1) is 25.0 Å². The molecule has 0 saturated carbocycles. The second-order valence-electron chi connectivity index (χ2n) is 6.68. The molecule has 8 heteroatoms. The first-order valence-corrected chi connectivity index (χ1v) is 9.59. The normalized spacial score (nSPS) is 10.4. The van der Waals surface area contributed by atoms with Gasteiger partial charge in [-0.05, 0) is 35.4 Å². The molecule has 1 heterocycles. The predicted octanol–water partition coefficient (Wildman–Crippen LogP) is 2.26. The van der Waals surface area contributed by atoms with E-state index in [-0.39, 0.29) is 17.7 Å². The van der Waals surface area contributed by atoms with Gasteiger partial charge in [0.1, 0.15) is 17.4 Å². The zero-order valence-electron chi connectivity index (χ0n) is 16.9. The van der Waals surface area contributed by atoms with Crippen LogP contribution >= 0.6 is 0 Å². The van der Waals surface area contributed by atoms with E-state index in [2.05, 4.69) is 21.7 Å². The summed E-state index contributed by atoms with van der Waals surface area (Å²) in [6.45, 7) is 0.757. The number of pyridine rings is 1. The van der Waals surface area contributed by atoms with Crippen LogP contribution in [0.1, 0.15) is 21.5 Å². The van der Waals surface area contributed by atoms with Gasteiger partial charge in [-0.2, -0.15) is 5.26 Å². The molecule has 0 saturated heterocycles. The lowest BCUT2D eigenvalue weighted by Gasteiger charge is -2.12. The van der Waals surface area contributed by atoms with E-state index in [0.29, 0.717) is 35.7 Å². The summed E-state index contributed by atoms with van der Waals surface area (Å²) in [7, 11) is 1.56. The van der Waals surface area contributed by atoms with Gasteiger partial charge >= 0.3 is 0 Å². The number of nitrogens with zero attached hydrogens (tertiary/aromatic N) is 1. The van der Waals surface area contributed by atoms with Crippen LogP contribution in [-0.2, 0) is 6.54 Å². The molecule has 3 aromatic rings. The fraction of sp³-hybridized carbons (Fsp3) is 0.174. The van der Waals surface area contributed by atoms with Crippen LogP contribution in [-0.4, -0.2) is 36.3 Å². The van der Waals surface area contributed by atoms with E-state index in [0.717, 1.165) is 5.56 Å². The van der Waals surface area contributed by atoms with E-state index < -0.39 is 11.5 Å². The van der Waals surface area contributed by atoms with Crippen molar-refractivity contribution < 1.29 is 14.6 Å². The molecule has 3 rings (SSSR count). The molecule has 0 fully saturated rings. The Labute approximate surface area is 179 Å². The van der Waals surface area contributed by atoms with Gasteiger partial charge in [-0.25, -0.2) is 0 Å². The Morgan fingerprint density at radius 2 is 2.03 bits per heavy atom. The van der Waals surface area contributed by atoms with E-state index >= 15 is 0 Å². The third kappa shape index (κ3) is 5.17. The maximum absolute atomic E-state index is 12.8. The molecule has 0 unspecified atom stereocenters. The number of hydrogen-bond donors (Lipinski definition) is 4. The quantitative estimate of drug-likeness (QED) is 0.416. The van der Waals surface area contributed by atoms with Gasteiger partial charge in [-0.3, -0.25) is 9.59 Å². The molecule has 0 radical (unpaired) electrons. The molecular formula is C23H22N4O4. The first-order chi connectivity index (χ1) is 15.1. The predicted molar refractivity (Wildman–Crippen MR) is 117 cm³/mol. The highest BCUT2D eigenvalue weighted by atomic mass is 16.5. The first kappa shape index (κ1) is 21.8. The fourth-order valence-corrected chi connectivity index (χ4v) is 3.11. The second-order valence-corrected chi connectivity index (χ2v) is 6.68. The van der Waals surface area contributed by atoms with E-state index in [1.165, 1.54) is 12.3 Å². The molecule has 1 aromatic heterocycles. The van der Waals surface area contributed by atoms with E-state index in [1.807, 2.05) is 12.1 Å². The zero-order chi connectivity index (χ0) is 22.2. The van der Waals surface area contributed by atoms with Crippen LogP contribution in [0.3, 0.4) is 0 Å². The number of hydrogen-bond acceptors (Lipinski definition) is 6. The van der Waals surface area contributed by atoms with Crippen LogP contribution in [0.15, 0.2) is 59.5 Å². The topological polar surface area (TPSA) is 127 Å². The van der Waals surface area contributed by atoms with Gasteiger partial charge in [0.25, 0.3) is 11.5 Å². The summed E-state index contributed by atoms with van der Waals surface area (Å²) < 4.78 is 5.25. The van der Waals surface area contributed by atoms with Crippen LogP contribution in [0.25, 0.3) is 11.1 Å². The fourth-order valence-electron chi connectivity index (χ4n) is 3.11. The molecule has 0 spiro atoms. The lowest BCUT2D eigenvalue weighted by molar-refractivity contribution is 0.102. The van der Waals surface area contributed by atoms with Crippen molar-refractivity contribution in [3.63, 3.8) is 0 Å². The number of carbonyl (C=O) groups excluding carboxylic acids is 1. The highest BCUT2D eigenvalue weighted by Gasteiger charge is 2.16. The van der Waals surface area contributed by atoms with Gasteiger partial charge in [0.15, 0.2) is 0 Å². The SMILES string of the molecule is COc1cccc(-c2cccc(NC(=O)c3cc(CNCCO)c[nH]c3=O)c2C#N)c1. The molecule has 158 valence electrons. The molecule has 4 N–H and O–H groups in total. The number of benzene rings is 2. The summed E-state index contributed by atoms with van der Waals surface area (Å²) >= 11 is 0. The molecule has 1 amide bonds. The van der Waals surface area contributed by atoms with Crippen LogP contribution < -0.4 is 20.9 Å². The molecule has 0 aliphatic heterocycles. The van der Waals surface area contributed by atoms with Crippen LogP contribution in [0.2, 0.25) is 0 Å². The van der Waals surface area contributed by atoms with E-state index in [1.54, 1.807) is 37.4 Å². The van der Waals surface area contributed by atoms with Crippen molar-refractivity contribution in [3.8, 4) is 22.9 Å². The number of ether oxygens (including phenoxy) is 1. The number of anilines is 1. The van der Waals surface area contributed by atoms with Gasteiger partial charge in [0, 0.05) is 24.8 Å². The summed E-state index contributed by atoms with van der Waals surface area (Å²) in [5, 5.41) is 24.3. The van der Waals surface area contributed by atoms with E-state index in [9.17, 15) is 14.9 Å². The number of methoxy groups -OCH3 is 1. The van der Waals surface area contributed by atoms with Crippen molar-refractivity contribution in [1.82, 2.24) is 10.3 Å². The van der Waals surface area contributed by atoms with Crippen LogP contribution in [0.4, 0.5) is 5.69 Å². The van der Waals surface area contributed by atoms with Crippen molar-refractivity contribution in [2.75, 3.05) is 25.6 Å². The van der Waals surface area contributed by atoms with Crippen molar-refractivity contribution >= 4 is 11.6 Å². The van der Waals surface area contributed by atoms with Crippen molar-refractivity contribution in [2.45, 2.75) is 6.54 Å². The Kier molecular flexibility index (Phi) is 7.17. The first-order valence-electron chi connectivity index (χ1n) is 9.59. The largest absolute Gasteiger partial charge is 0.497 e. The standard InChI is InChI=1S/C23H22N4O4/c1-31-17-5-2-4-16(11-17)18-6-3-7-21(20(18)12-24)27-23(30)19-10-15(13-25-8-9-28)14-26-22(19)29/h2-7,10-11,14,25,28H,8-9,13H2,1H3,(H,26,29)(H,27,30). The average molecular weight is 418 g/mol. The van der Waals surface area contributed by atoms with Gasteiger partial charge < -0.3 is 25.5 Å². The minimum absolute atomic E-state index is 0.0166. The molecule has 31 heavy (non-hydrogen) atoms. The molecular weight excluding hydrogens is 396 g/mol. The van der Waals surface area contributed by atoms with Gasteiger partial charge in [-0.1, -0.05) is 24.3 Å². The van der Waals surface area contributed by atoms with Gasteiger partial charge in [-0.15, -0.1) is 0 Å². The van der Waals surface area contributed by atoms with Crippen LogP contribution in [0, 0.1) is 11.3 Å². The second kappa shape index (κ2) is 10.2. The summed E-state index contributed by atoms with van der Waals surface area (Å²) in [6.07, 6.45) is 1.51. The molecule has 0 bridgehead atoms. The Bertz CT molecular complexity index is 1180. The number of aliphatic hydroxyl groups is 1. The average Bonchev–Trinajstić information content (AvgIpc) is 2.80. The minimum Gasteiger partial charge on any atom is -0.497 e.